The van der Waals surface area contributed by atoms with Gasteiger partial charge in [0.15, 0.2) is 0 Å². The van der Waals surface area contributed by atoms with Gasteiger partial charge in [-0.2, -0.15) is 0 Å². The van der Waals surface area contributed by atoms with Crippen LogP contribution in [0.3, 0.4) is 0 Å². The molecule has 0 heterocycles. The molecule has 0 N–H and O–H groups in total. The Morgan fingerprint density at radius 3 is 1.10 bits per heavy atom. The maximum absolute atomic E-state index is 15.3. The molecule has 0 aromatic heterocycles. The van der Waals surface area contributed by atoms with Crippen molar-refractivity contribution >= 4 is 45.7 Å². The fourth-order valence-electron chi connectivity index (χ4n) is 4.93. The largest absolute Gasteiger partial charge is 0.309 e. The van der Waals surface area contributed by atoms with Crippen LogP contribution in [0.5, 0.6) is 0 Å². The summed E-state index contributed by atoms with van der Waals surface area (Å²) in [6.45, 7) is 0. The van der Waals surface area contributed by atoms with Crippen LogP contribution in [-0.2, 0) is 0 Å². The zero-order valence-electron chi connectivity index (χ0n) is 21.7. The summed E-state index contributed by atoms with van der Waals surface area (Å²) < 4.78 is 15.3. The smallest absolute Gasteiger partial charge is 0.131 e. The number of anilines is 6. The zero-order chi connectivity index (χ0) is 27.3. The van der Waals surface area contributed by atoms with Gasteiger partial charge in [0, 0.05) is 28.3 Å². The minimum atomic E-state index is -0.293. The van der Waals surface area contributed by atoms with Gasteiger partial charge in [-0.25, -0.2) is 4.39 Å². The number of hydrogen-bond donors (Lipinski definition) is 0. The van der Waals surface area contributed by atoms with Crippen molar-refractivity contribution in [3.05, 3.63) is 169 Å². The molecule has 6 aromatic carbocycles. The molecule has 0 saturated heterocycles. The van der Waals surface area contributed by atoms with Crippen LogP contribution >= 0.6 is 11.6 Å². The summed E-state index contributed by atoms with van der Waals surface area (Å²) in [5.74, 6) is -0.293. The number of nitrogens with zero attached hydrogens (tertiary/aromatic N) is 2. The van der Waals surface area contributed by atoms with Gasteiger partial charge in [0.25, 0.3) is 0 Å². The first kappa shape index (κ1) is 25.4. The average molecular weight is 541 g/mol. The van der Waals surface area contributed by atoms with E-state index in [1.54, 1.807) is 12.1 Å². The molecule has 0 aliphatic heterocycles. The zero-order valence-corrected chi connectivity index (χ0v) is 22.4. The highest BCUT2D eigenvalue weighted by Crippen LogP contribution is 2.48. The second-order valence-electron chi connectivity index (χ2n) is 9.32. The van der Waals surface area contributed by atoms with Gasteiger partial charge in [-0.1, -0.05) is 103 Å². The maximum Gasteiger partial charge on any atom is 0.131 e. The first-order valence-corrected chi connectivity index (χ1v) is 13.5. The molecule has 0 fully saturated rings. The van der Waals surface area contributed by atoms with Crippen molar-refractivity contribution in [2.75, 3.05) is 9.80 Å². The molecule has 40 heavy (non-hydrogen) atoms. The van der Waals surface area contributed by atoms with E-state index in [2.05, 4.69) is 9.80 Å². The van der Waals surface area contributed by atoms with Crippen LogP contribution in [0, 0.1) is 5.82 Å². The van der Waals surface area contributed by atoms with Gasteiger partial charge in [0.05, 0.1) is 16.4 Å². The van der Waals surface area contributed by atoms with Crippen molar-refractivity contribution < 1.29 is 4.39 Å². The normalized spacial score (nSPS) is 10.8. The van der Waals surface area contributed by atoms with E-state index in [0.29, 0.717) is 10.6 Å². The molecule has 0 atom stereocenters. The quantitative estimate of drug-likeness (QED) is 0.199. The summed E-state index contributed by atoms with van der Waals surface area (Å²) >= 11 is 7.42. The second kappa shape index (κ2) is 11.5. The van der Waals surface area contributed by atoms with Crippen molar-refractivity contribution in [1.82, 2.24) is 0 Å². The Morgan fingerprint density at radius 1 is 0.425 bits per heavy atom. The van der Waals surface area contributed by atoms with E-state index in [9.17, 15) is 0 Å². The summed E-state index contributed by atoms with van der Waals surface area (Å²) in [5.41, 5.74) is 6.48. The van der Waals surface area contributed by atoms with Crippen molar-refractivity contribution in [3.63, 3.8) is 0 Å². The lowest BCUT2D eigenvalue weighted by molar-refractivity contribution is 0.631. The molecule has 6 aromatic rings. The van der Waals surface area contributed by atoms with E-state index in [4.69, 9.17) is 11.6 Å². The average Bonchev–Trinajstić information content (AvgIpc) is 3.01. The molecule has 0 radical (unpaired) electrons. The standard InChI is InChI=1S/C36H26ClFN2/c37-36-34(39(28-15-5-1-6-16-28)29-17-7-2-8-18-29)25-27(32-23-13-14-24-33(32)38)26-35(36)40(30-19-9-3-10-20-30)31-21-11-4-12-22-31/h1-26H. The molecule has 0 spiro atoms. The van der Waals surface area contributed by atoms with E-state index in [-0.39, 0.29) is 5.82 Å². The Kier molecular flexibility index (Phi) is 7.30. The molecule has 0 aliphatic carbocycles. The Bertz CT molecular complexity index is 1530. The van der Waals surface area contributed by atoms with Gasteiger partial charge in [0.1, 0.15) is 5.82 Å². The Hall–Kier alpha value is -4.86. The molecule has 0 unspecified atom stereocenters. The fourth-order valence-corrected chi connectivity index (χ4v) is 5.21. The monoisotopic (exact) mass is 540 g/mol. The molecule has 0 bridgehead atoms. The predicted molar refractivity (Wildman–Crippen MR) is 166 cm³/mol. The second-order valence-corrected chi connectivity index (χ2v) is 9.70. The Balaban J connectivity index is 1.68. The third-order valence-corrected chi connectivity index (χ3v) is 7.15. The molecular formula is C36H26ClFN2. The van der Waals surface area contributed by atoms with Gasteiger partial charge in [-0.15, -0.1) is 0 Å². The summed E-state index contributed by atoms with van der Waals surface area (Å²) in [6.07, 6.45) is 0. The molecular weight excluding hydrogens is 515 g/mol. The molecule has 2 nitrogen and oxygen atoms in total. The highest BCUT2D eigenvalue weighted by atomic mass is 35.5. The lowest BCUT2D eigenvalue weighted by Gasteiger charge is -2.31. The van der Waals surface area contributed by atoms with Crippen molar-refractivity contribution in [2.24, 2.45) is 0 Å². The summed E-state index contributed by atoms with van der Waals surface area (Å²) in [6, 6.07) is 51.1. The third kappa shape index (κ3) is 5.07. The third-order valence-electron chi connectivity index (χ3n) is 6.76. The van der Waals surface area contributed by atoms with Crippen molar-refractivity contribution in [1.29, 1.82) is 0 Å². The highest BCUT2D eigenvalue weighted by molar-refractivity contribution is 6.37. The molecule has 4 heteroatoms. The van der Waals surface area contributed by atoms with E-state index in [1.165, 1.54) is 6.07 Å². The Morgan fingerprint density at radius 2 is 0.750 bits per heavy atom. The van der Waals surface area contributed by atoms with Crippen molar-refractivity contribution in [3.8, 4) is 11.1 Å². The van der Waals surface area contributed by atoms with E-state index in [1.807, 2.05) is 140 Å². The van der Waals surface area contributed by atoms with Crippen LogP contribution in [0.25, 0.3) is 11.1 Å². The number of halogens is 2. The van der Waals surface area contributed by atoms with E-state index >= 15 is 4.39 Å². The van der Waals surface area contributed by atoms with E-state index in [0.717, 1.165) is 39.7 Å². The fraction of sp³-hybridized carbons (Fsp3) is 0. The first-order chi connectivity index (χ1) is 19.7. The van der Waals surface area contributed by atoms with Crippen LogP contribution in [0.4, 0.5) is 38.5 Å². The van der Waals surface area contributed by atoms with Crippen LogP contribution in [-0.4, -0.2) is 0 Å². The van der Waals surface area contributed by atoms with Gasteiger partial charge < -0.3 is 9.80 Å². The van der Waals surface area contributed by atoms with Crippen LogP contribution in [0.2, 0.25) is 5.02 Å². The number of benzene rings is 6. The predicted octanol–water partition coefficient (Wildman–Crippen LogP) is 11.1. The Labute approximate surface area is 239 Å². The topological polar surface area (TPSA) is 6.48 Å². The first-order valence-electron chi connectivity index (χ1n) is 13.1. The molecule has 0 aliphatic rings. The lowest BCUT2D eigenvalue weighted by Crippen LogP contribution is -2.14. The van der Waals surface area contributed by atoms with Gasteiger partial charge in [-0.05, 0) is 72.3 Å². The number of para-hydroxylation sites is 4. The van der Waals surface area contributed by atoms with Gasteiger partial charge in [0.2, 0.25) is 0 Å². The summed E-state index contributed by atoms with van der Waals surface area (Å²) in [5, 5.41) is 0.542. The number of rotatable bonds is 7. The summed E-state index contributed by atoms with van der Waals surface area (Å²) in [7, 11) is 0. The SMILES string of the molecule is Fc1ccccc1-c1cc(N(c2ccccc2)c2ccccc2)c(Cl)c(N(c2ccccc2)c2ccccc2)c1. The van der Waals surface area contributed by atoms with Gasteiger partial charge >= 0.3 is 0 Å². The lowest BCUT2D eigenvalue weighted by atomic mass is 10.0. The summed E-state index contributed by atoms with van der Waals surface area (Å²) in [4.78, 5) is 4.23. The minimum absolute atomic E-state index is 0.293. The molecule has 0 saturated carbocycles. The maximum atomic E-state index is 15.3. The molecule has 0 amide bonds. The van der Waals surface area contributed by atoms with Crippen LogP contribution in [0.15, 0.2) is 158 Å². The minimum Gasteiger partial charge on any atom is -0.309 e. The van der Waals surface area contributed by atoms with Gasteiger partial charge in [-0.3, -0.25) is 0 Å². The van der Waals surface area contributed by atoms with Crippen molar-refractivity contribution in [2.45, 2.75) is 0 Å². The highest BCUT2D eigenvalue weighted by Gasteiger charge is 2.24. The van der Waals surface area contributed by atoms with Crippen LogP contribution < -0.4 is 9.80 Å². The molecule has 6 rings (SSSR count). The van der Waals surface area contributed by atoms with Crippen LogP contribution in [0.1, 0.15) is 0 Å². The van der Waals surface area contributed by atoms with E-state index < -0.39 is 0 Å². The molecule has 194 valence electrons. The number of hydrogen-bond acceptors (Lipinski definition) is 2.